The molecule has 0 saturated carbocycles. The smallest absolute Gasteiger partial charge is 0.408 e. The number of nitriles is 2. The van der Waals surface area contributed by atoms with Gasteiger partial charge in [-0.1, -0.05) is 0 Å². The van der Waals surface area contributed by atoms with Crippen molar-refractivity contribution in [2.75, 3.05) is 0 Å². The Hall–Kier alpha value is -3.06. The summed E-state index contributed by atoms with van der Waals surface area (Å²) in [7, 11) is 0. The van der Waals surface area contributed by atoms with Crippen LogP contribution in [0.1, 0.15) is 25.5 Å². The van der Waals surface area contributed by atoms with Gasteiger partial charge in [-0.05, 0) is 37.6 Å². The van der Waals surface area contributed by atoms with Crippen molar-refractivity contribution in [3.8, 4) is 13.1 Å². The van der Waals surface area contributed by atoms with Crippen LogP contribution < -0.4 is 11.6 Å². The molecule has 0 bridgehead atoms. The van der Waals surface area contributed by atoms with Crippen molar-refractivity contribution >= 4 is 17.3 Å². The molecule has 0 aliphatic rings. The molecule has 20 heavy (non-hydrogen) atoms. The predicted molar refractivity (Wildman–Crippen MR) is 76.0 cm³/mol. The Morgan fingerprint density at radius 1 is 1.35 bits per heavy atom. The van der Waals surface area contributed by atoms with Crippen LogP contribution in [-0.4, -0.2) is 10.8 Å². The molecule has 0 spiro atoms. The van der Waals surface area contributed by atoms with Crippen LogP contribution in [0.4, 0.5) is 0 Å². The lowest BCUT2D eigenvalue weighted by molar-refractivity contribution is 0.478. The highest BCUT2D eigenvalue weighted by Crippen LogP contribution is 2.17. The second-order valence-corrected chi connectivity index (χ2v) is 3.84. The van der Waals surface area contributed by atoms with Gasteiger partial charge in [0.25, 0.3) is 0 Å². The molecule has 0 fully saturated rings. The summed E-state index contributed by atoms with van der Waals surface area (Å²) in [5.41, 5.74) is 2.18. The Morgan fingerprint density at radius 3 is 2.45 bits per heavy atom. The summed E-state index contributed by atoms with van der Waals surface area (Å²) < 4.78 is 6.73. The minimum absolute atomic E-state index is 0.0545. The number of hydrogen-bond donors (Lipinski definition) is 1. The van der Waals surface area contributed by atoms with E-state index in [4.69, 9.17) is 20.8 Å². The Bertz CT molecular complexity index is 670. The Balaban J connectivity index is 0.000000829. The van der Waals surface area contributed by atoms with Crippen molar-refractivity contribution in [3.05, 3.63) is 34.3 Å². The van der Waals surface area contributed by atoms with Gasteiger partial charge in [-0.25, -0.2) is 15.3 Å². The summed E-state index contributed by atoms with van der Waals surface area (Å²) in [6.07, 6.45) is 1.53. The standard InChI is InChI=1S/C11H13N3O2.2CHN/c1-7(2)14-9-5-8(6-13-12)3-4-10(9)16-11(14)15;2*1-2/h3-7H,12H2,1-2H3;2*1H. The van der Waals surface area contributed by atoms with E-state index in [2.05, 4.69) is 18.2 Å². The lowest BCUT2D eigenvalue weighted by Crippen LogP contribution is -2.15. The van der Waals surface area contributed by atoms with E-state index in [1.165, 1.54) is 6.21 Å². The fraction of sp³-hybridized carbons (Fsp3) is 0.231. The van der Waals surface area contributed by atoms with Crippen LogP contribution in [0.3, 0.4) is 0 Å². The maximum Gasteiger partial charge on any atom is 0.420 e. The quantitative estimate of drug-likeness (QED) is 0.507. The van der Waals surface area contributed by atoms with Gasteiger partial charge in [0.1, 0.15) is 0 Å². The monoisotopic (exact) mass is 273 g/mol. The first-order valence-corrected chi connectivity index (χ1v) is 5.53. The molecular weight excluding hydrogens is 258 g/mol. The van der Waals surface area contributed by atoms with Crippen LogP contribution in [0.15, 0.2) is 32.5 Å². The van der Waals surface area contributed by atoms with E-state index in [-0.39, 0.29) is 11.8 Å². The molecule has 104 valence electrons. The van der Waals surface area contributed by atoms with Gasteiger partial charge in [-0.2, -0.15) is 5.10 Å². The van der Waals surface area contributed by atoms with Gasteiger partial charge in [0.2, 0.25) is 0 Å². The van der Waals surface area contributed by atoms with Gasteiger partial charge in [-0.3, -0.25) is 4.57 Å². The molecule has 0 atom stereocenters. The second-order valence-electron chi connectivity index (χ2n) is 3.84. The van der Waals surface area contributed by atoms with Gasteiger partial charge in [-0.15, -0.1) is 0 Å². The first kappa shape index (κ1) is 16.9. The highest BCUT2D eigenvalue weighted by molar-refractivity contribution is 5.86. The molecule has 1 aromatic carbocycles. The number of hydrogen-bond acceptors (Lipinski definition) is 6. The maximum atomic E-state index is 11.6. The zero-order valence-electron chi connectivity index (χ0n) is 11.2. The van der Waals surface area contributed by atoms with E-state index in [1.807, 2.05) is 19.9 Å². The largest absolute Gasteiger partial charge is 0.420 e. The molecule has 2 N–H and O–H groups in total. The van der Waals surface area contributed by atoms with Crippen LogP contribution >= 0.6 is 0 Å². The molecule has 2 aromatic rings. The van der Waals surface area contributed by atoms with E-state index in [0.29, 0.717) is 5.58 Å². The summed E-state index contributed by atoms with van der Waals surface area (Å²) >= 11 is 0. The van der Waals surface area contributed by atoms with Crippen LogP contribution in [0.2, 0.25) is 0 Å². The van der Waals surface area contributed by atoms with Gasteiger partial charge < -0.3 is 10.3 Å². The minimum Gasteiger partial charge on any atom is -0.408 e. The molecule has 7 nitrogen and oxygen atoms in total. The Kier molecular flexibility index (Phi) is 6.87. The molecule has 7 heteroatoms. The third-order valence-electron chi connectivity index (χ3n) is 2.38. The van der Waals surface area contributed by atoms with E-state index in [1.54, 1.807) is 16.7 Å². The van der Waals surface area contributed by atoms with Crippen molar-refractivity contribution in [2.24, 2.45) is 10.9 Å². The lowest BCUT2D eigenvalue weighted by Gasteiger charge is -2.05. The summed E-state index contributed by atoms with van der Waals surface area (Å²) in [5.74, 6) is 4.74. The van der Waals surface area contributed by atoms with E-state index in [0.717, 1.165) is 11.1 Å². The third kappa shape index (κ3) is 3.47. The van der Waals surface area contributed by atoms with Crippen molar-refractivity contribution in [3.63, 3.8) is 0 Å². The Morgan fingerprint density at radius 2 is 1.95 bits per heavy atom. The average Bonchev–Trinajstić information content (AvgIpc) is 2.79. The van der Waals surface area contributed by atoms with Gasteiger partial charge in [0.15, 0.2) is 5.58 Å². The number of nitrogens with zero attached hydrogens (tertiary/aromatic N) is 4. The number of oxazole rings is 1. The molecule has 0 amide bonds. The normalized spacial score (nSPS) is 9.75. The first-order chi connectivity index (χ1) is 9.63. The van der Waals surface area contributed by atoms with Gasteiger partial charge in [0.05, 0.1) is 11.7 Å². The van der Waals surface area contributed by atoms with E-state index >= 15 is 0 Å². The number of nitrogens with two attached hydrogens (primary N) is 1. The Labute approximate surface area is 116 Å². The van der Waals surface area contributed by atoms with Crippen LogP contribution in [0.5, 0.6) is 0 Å². The van der Waals surface area contributed by atoms with Crippen LogP contribution in [-0.2, 0) is 0 Å². The van der Waals surface area contributed by atoms with Crippen LogP contribution in [0, 0.1) is 23.7 Å². The number of benzene rings is 1. The number of fused-ring (bicyclic) bond motifs is 1. The fourth-order valence-electron chi connectivity index (χ4n) is 1.71. The summed E-state index contributed by atoms with van der Waals surface area (Å²) in [6.45, 7) is 10.9. The molecule has 0 aliphatic heterocycles. The molecule has 0 unspecified atom stereocenters. The molecular formula is C13H15N5O2. The second kappa shape index (κ2) is 8.11. The highest BCUT2D eigenvalue weighted by Gasteiger charge is 2.11. The number of rotatable bonds is 2. The zero-order chi connectivity index (χ0) is 15.7. The molecule has 2 rings (SSSR count). The maximum absolute atomic E-state index is 11.6. The van der Waals surface area contributed by atoms with Gasteiger partial charge >= 0.3 is 5.76 Å². The summed E-state index contributed by atoms with van der Waals surface area (Å²) in [4.78, 5) is 11.6. The summed E-state index contributed by atoms with van der Waals surface area (Å²) in [5, 5.41) is 16.5. The number of aromatic nitrogens is 1. The highest BCUT2D eigenvalue weighted by atomic mass is 16.4. The zero-order valence-corrected chi connectivity index (χ0v) is 11.2. The molecule has 0 radical (unpaired) electrons. The number of hydrazone groups is 1. The van der Waals surface area contributed by atoms with E-state index < -0.39 is 0 Å². The third-order valence-corrected chi connectivity index (χ3v) is 2.38. The molecule has 0 saturated heterocycles. The van der Waals surface area contributed by atoms with Crippen molar-refractivity contribution in [1.82, 2.24) is 4.57 Å². The minimum atomic E-state index is -0.341. The molecule has 1 heterocycles. The van der Waals surface area contributed by atoms with Crippen molar-refractivity contribution in [2.45, 2.75) is 19.9 Å². The SMILES string of the molecule is C#N.C#N.CC(C)n1c(=O)oc2ccc(C=NN)cc21. The average molecular weight is 273 g/mol. The van der Waals surface area contributed by atoms with Crippen LogP contribution in [0.25, 0.3) is 11.1 Å². The topological polar surface area (TPSA) is 121 Å². The van der Waals surface area contributed by atoms with E-state index in [9.17, 15) is 4.79 Å². The fourth-order valence-corrected chi connectivity index (χ4v) is 1.71. The van der Waals surface area contributed by atoms with Crippen molar-refractivity contribution < 1.29 is 4.42 Å². The molecule has 1 aromatic heterocycles. The predicted octanol–water partition coefficient (Wildman–Crippen LogP) is 1.75. The van der Waals surface area contributed by atoms with Gasteiger partial charge in [0, 0.05) is 19.2 Å². The molecule has 0 aliphatic carbocycles. The lowest BCUT2D eigenvalue weighted by atomic mass is 10.2. The van der Waals surface area contributed by atoms with Crippen molar-refractivity contribution in [1.29, 1.82) is 10.5 Å². The summed E-state index contributed by atoms with van der Waals surface area (Å²) in [6, 6.07) is 5.43. The first-order valence-electron chi connectivity index (χ1n) is 5.53.